The first kappa shape index (κ1) is 15.8. The maximum atomic E-state index is 10.2. The zero-order valence-electron chi connectivity index (χ0n) is 13.8. The Bertz CT molecular complexity index is 310. The summed E-state index contributed by atoms with van der Waals surface area (Å²) in [4.78, 5) is 2.58. The van der Waals surface area contributed by atoms with E-state index in [1.807, 2.05) is 0 Å². The number of aliphatic hydroxyl groups is 1. The van der Waals surface area contributed by atoms with E-state index in [-0.39, 0.29) is 6.10 Å². The normalized spacial score (nSPS) is 34.0. The second-order valence-corrected chi connectivity index (χ2v) is 7.63. The van der Waals surface area contributed by atoms with Gasteiger partial charge in [0, 0.05) is 31.2 Å². The van der Waals surface area contributed by atoms with Crippen molar-refractivity contribution in [3.8, 4) is 0 Å². The smallest absolute Gasteiger partial charge is 0.0695 e. The Kier molecular flexibility index (Phi) is 5.58. The molecule has 3 nitrogen and oxygen atoms in total. The van der Waals surface area contributed by atoms with Crippen LogP contribution in [-0.2, 0) is 0 Å². The number of piperidine rings is 1. The lowest BCUT2D eigenvalue weighted by molar-refractivity contribution is 0.00639. The summed E-state index contributed by atoms with van der Waals surface area (Å²) in [6.07, 6.45) is 12.8. The summed E-state index contributed by atoms with van der Waals surface area (Å²) in [5.41, 5.74) is 0. The van der Waals surface area contributed by atoms with Crippen LogP contribution < -0.4 is 5.32 Å². The van der Waals surface area contributed by atoms with E-state index >= 15 is 0 Å². The average Bonchev–Trinajstić information content (AvgIpc) is 3.33. The molecule has 0 aromatic carbocycles. The Hall–Kier alpha value is -0.120. The minimum absolute atomic E-state index is 0.0671. The molecule has 3 aliphatic rings. The van der Waals surface area contributed by atoms with Crippen molar-refractivity contribution < 1.29 is 5.11 Å². The number of aliphatic hydroxyl groups excluding tert-OH is 1. The van der Waals surface area contributed by atoms with Crippen molar-refractivity contribution in [3.05, 3.63) is 0 Å². The molecule has 0 bridgehead atoms. The molecule has 0 aromatic heterocycles. The lowest BCUT2D eigenvalue weighted by atomic mass is 9.89. The van der Waals surface area contributed by atoms with Crippen molar-refractivity contribution in [2.45, 2.75) is 95.4 Å². The standard InChI is InChI=1S/C18H34N2O/c1-2-5-16(14-8-9-14)19-15-10-12-20(13-11-15)17-6-3-4-7-18(17)21/h14-19,21H,2-13H2,1H3. The Morgan fingerprint density at radius 2 is 1.76 bits per heavy atom. The zero-order valence-corrected chi connectivity index (χ0v) is 13.8. The maximum absolute atomic E-state index is 10.2. The molecule has 122 valence electrons. The molecular formula is C18H34N2O. The van der Waals surface area contributed by atoms with Crippen LogP contribution in [0.15, 0.2) is 0 Å². The highest BCUT2D eigenvalue weighted by Crippen LogP contribution is 2.35. The van der Waals surface area contributed by atoms with E-state index in [1.54, 1.807) is 0 Å². The largest absolute Gasteiger partial charge is 0.391 e. The van der Waals surface area contributed by atoms with E-state index in [2.05, 4.69) is 17.1 Å². The van der Waals surface area contributed by atoms with E-state index in [1.165, 1.54) is 70.9 Å². The summed E-state index contributed by atoms with van der Waals surface area (Å²) < 4.78 is 0. The summed E-state index contributed by atoms with van der Waals surface area (Å²) in [5, 5.41) is 14.2. The van der Waals surface area contributed by atoms with Gasteiger partial charge in [-0.1, -0.05) is 26.2 Å². The molecule has 0 aromatic rings. The third kappa shape index (κ3) is 4.20. The van der Waals surface area contributed by atoms with E-state index in [0.29, 0.717) is 6.04 Å². The Morgan fingerprint density at radius 1 is 1.05 bits per heavy atom. The lowest BCUT2D eigenvalue weighted by Crippen LogP contribution is -2.53. The van der Waals surface area contributed by atoms with Gasteiger partial charge in [0.1, 0.15) is 0 Å². The fraction of sp³-hybridized carbons (Fsp3) is 1.00. The van der Waals surface area contributed by atoms with Crippen LogP contribution in [0.2, 0.25) is 0 Å². The summed E-state index contributed by atoms with van der Waals surface area (Å²) in [6, 6.07) is 1.96. The molecule has 1 heterocycles. The van der Waals surface area contributed by atoms with Gasteiger partial charge in [0.15, 0.2) is 0 Å². The Labute approximate surface area is 130 Å². The van der Waals surface area contributed by atoms with Crippen molar-refractivity contribution in [1.82, 2.24) is 10.2 Å². The van der Waals surface area contributed by atoms with Gasteiger partial charge in [-0.3, -0.25) is 4.90 Å². The first-order valence-corrected chi connectivity index (χ1v) is 9.46. The van der Waals surface area contributed by atoms with Crippen molar-refractivity contribution in [2.75, 3.05) is 13.1 Å². The predicted octanol–water partition coefficient (Wildman–Crippen LogP) is 2.92. The van der Waals surface area contributed by atoms with E-state index < -0.39 is 0 Å². The molecule has 2 saturated carbocycles. The number of hydrogen-bond donors (Lipinski definition) is 2. The summed E-state index contributed by atoms with van der Waals surface area (Å²) >= 11 is 0. The molecule has 3 rings (SSSR count). The minimum Gasteiger partial charge on any atom is -0.391 e. The van der Waals surface area contributed by atoms with Crippen molar-refractivity contribution in [1.29, 1.82) is 0 Å². The zero-order chi connectivity index (χ0) is 14.7. The highest BCUT2D eigenvalue weighted by molar-refractivity contribution is 4.91. The molecule has 2 aliphatic carbocycles. The van der Waals surface area contributed by atoms with Gasteiger partial charge in [0.25, 0.3) is 0 Å². The first-order chi connectivity index (χ1) is 10.3. The third-order valence-electron chi connectivity index (χ3n) is 5.93. The molecule has 3 fully saturated rings. The van der Waals surface area contributed by atoms with Crippen LogP contribution >= 0.6 is 0 Å². The molecule has 21 heavy (non-hydrogen) atoms. The van der Waals surface area contributed by atoms with Gasteiger partial charge in [0.2, 0.25) is 0 Å². The predicted molar refractivity (Wildman–Crippen MR) is 87.4 cm³/mol. The Morgan fingerprint density at radius 3 is 2.38 bits per heavy atom. The van der Waals surface area contributed by atoms with E-state index in [4.69, 9.17) is 0 Å². The monoisotopic (exact) mass is 294 g/mol. The van der Waals surface area contributed by atoms with Gasteiger partial charge in [0.05, 0.1) is 6.10 Å². The molecule has 1 saturated heterocycles. The molecule has 0 amide bonds. The van der Waals surface area contributed by atoms with Crippen LogP contribution in [0.1, 0.15) is 71.1 Å². The molecule has 2 N–H and O–H groups in total. The fourth-order valence-corrected chi connectivity index (χ4v) is 4.48. The second-order valence-electron chi connectivity index (χ2n) is 7.63. The molecule has 3 atom stereocenters. The van der Waals surface area contributed by atoms with E-state index in [0.717, 1.165) is 24.4 Å². The Balaban J connectivity index is 1.43. The summed E-state index contributed by atoms with van der Waals surface area (Å²) in [6.45, 7) is 4.68. The number of rotatable bonds is 6. The lowest BCUT2D eigenvalue weighted by Gasteiger charge is -2.42. The number of nitrogens with zero attached hydrogens (tertiary/aromatic N) is 1. The van der Waals surface area contributed by atoms with Crippen molar-refractivity contribution in [3.63, 3.8) is 0 Å². The number of hydrogen-bond acceptors (Lipinski definition) is 3. The molecule has 3 heteroatoms. The SMILES string of the molecule is CCCC(NC1CCN(C2CCCCC2O)CC1)C1CC1. The summed E-state index contributed by atoms with van der Waals surface area (Å²) in [7, 11) is 0. The fourth-order valence-electron chi connectivity index (χ4n) is 4.48. The first-order valence-electron chi connectivity index (χ1n) is 9.46. The van der Waals surface area contributed by atoms with Gasteiger partial charge >= 0.3 is 0 Å². The van der Waals surface area contributed by atoms with Crippen LogP contribution in [0.4, 0.5) is 0 Å². The highest BCUT2D eigenvalue weighted by atomic mass is 16.3. The molecular weight excluding hydrogens is 260 g/mol. The number of nitrogens with one attached hydrogen (secondary N) is 1. The van der Waals surface area contributed by atoms with E-state index in [9.17, 15) is 5.11 Å². The quantitative estimate of drug-likeness (QED) is 0.790. The third-order valence-corrected chi connectivity index (χ3v) is 5.93. The average molecular weight is 294 g/mol. The van der Waals surface area contributed by atoms with Gasteiger partial charge in [-0.05, 0) is 50.9 Å². The molecule has 0 radical (unpaired) electrons. The second kappa shape index (κ2) is 7.43. The summed E-state index contributed by atoms with van der Waals surface area (Å²) in [5.74, 6) is 0.975. The minimum atomic E-state index is -0.0671. The van der Waals surface area contributed by atoms with Gasteiger partial charge in [-0.15, -0.1) is 0 Å². The molecule has 1 aliphatic heterocycles. The van der Waals surface area contributed by atoms with Crippen molar-refractivity contribution in [2.24, 2.45) is 5.92 Å². The maximum Gasteiger partial charge on any atom is 0.0695 e. The van der Waals surface area contributed by atoms with Crippen LogP contribution in [0.3, 0.4) is 0 Å². The van der Waals surface area contributed by atoms with Gasteiger partial charge in [-0.2, -0.15) is 0 Å². The molecule has 0 spiro atoms. The van der Waals surface area contributed by atoms with Crippen LogP contribution in [-0.4, -0.2) is 47.3 Å². The number of likely N-dealkylation sites (tertiary alicyclic amines) is 1. The molecule has 3 unspecified atom stereocenters. The van der Waals surface area contributed by atoms with Crippen LogP contribution in [0.25, 0.3) is 0 Å². The van der Waals surface area contributed by atoms with Crippen molar-refractivity contribution >= 4 is 0 Å². The van der Waals surface area contributed by atoms with Gasteiger partial charge in [-0.25, -0.2) is 0 Å². The highest BCUT2D eigenvalue weighted by Gasteiger charge is 2.34. The van der Waals surface area contributed by atoms with Gasteiger partial charge < -0.3 is 10.4 Å². The van der Waals surface area contributed by atoms with Crippen LogP contribution in [0, 0.1) is 5.92 Å². The topological polar surface area (TPSA) is 35.5 Å². The van der Waals surface area contributed by atoms with Crippen LogP contribution in [0.5, 0.6) is 0 Å².